The first kappa shape index (κ1) is 14.5. The van der Waals surface area contributed by atoms with E-state index in [1.807, 2.05) is 0 Å². The summed E-state index contributed by atoms with van der Waals surface area (Å²) in [5.74, 6) is 1.35. The molecule has 2 unspecified atom stereocenters. The Bertz CT molecular complexity index is 515. The van der Waals surface area contributed by atoms with E-state index >= 15 is 0 Å². The molecule has 1 saturated heterocycles. The molecule has 0 aromatic carbocycles. The van der Waals surface area contributed by atoms with Gasteiger partial charge < -0.3 is 9.80 Å². The highest BCUT2D eigenvalue weighted by molar-refractivity contribution is 5.86. The molecule has 4 rings (SSSR count). The SMILES string of the molecule is CN(C)CC1=CC2C(C=C1)N=C1CCN(C3CCC3)CCN12. The molecule has 0 aromatic heterocycles. The minimum Gasteiger partial charge on any atom is -0.350 e. The van der Waals surface area contributed by atoms with Crippen molar-refractivity contribution < 1.29 is 0 Å². The first-order chi connectivity index (χ1) is 10.7. The average molecular weight is 300 g/mol. The topological polar surface area (TPSA) is 22.1 Å². The summed E-state index contributed by atoms with van der Waals surface area (Å²) >= 11 is 0. The summed E-state index contributed by atoms with van der Waals surface area (Å²) in [6, 6.07) is 1.69. The highest BCUT2D eigenvalue weighted by Crippen LogP contribution is 2.30. The lowest BCUT2D eigenvalue weighted by atomic mass is 9.91. The third kappa shape index (κ3) is 2.63. The van der Waals surface area contributed by atoms with Crippen molar-refractivity contribution >= 4 is 5.84 Å². The number of hydrogen-bond donors (Lipinski definition) is 0. The van der Waals surface area contributed by atoms with Crippen LogP contribution in [0, 0.1) is 0 Å². The van der Waals surface area contributed by atoms with Crippen molar-refractivity contribution in [3.63, 3.8) is 0 Å². The Morgan fingerprint density at radius 1 is 1.23 bits per heavy atom. The standard InChI is InChI=1S/C18H28N4/c1-20(2)13-14-6-7-16-17(12-14)22-11-10-21(15-4-3-5-15)9-8-18(22)19-16/h6-7,12,15-17H,3-5,8-11,13H2,1-2H3. The maximum absolute atomic E-state index is 5.01. The maximum Gasteiger partial charge on any atom is 0.102 e. The van der Waals surface area contributed by atoms with Crippen molar-refractivity contribution in [3.05, 3.63) is 23.8 Å². The van der Waals surface area contributed by atoms with Crippen molar-refractivity contribution in [2.45, 2.75) is 43.8 Å². The van der Waals surface area contributed by atoms with Crippen LogP contribution in [0.5, 0.6) is 0 Å². The van der Waals surface area contributed by atoms with Crippen LogP contribution in [0.1, 0.15) is 25.7 Å². The normalized spacial score (nSPS) is 32.2. The Morgan fingerprint density at radius 3 is 2.82 bits per heavy atom. The number of amidine groups is 1. The van der Waals surface area contributed by atoms with Crippen molar-refractivity contribution in [2.24, 2.45) is 4.99 Å². The zero-order valence-electron chi connectivity index (χ0n) is 13.9. The lowest BCUT2D eigenvalue weighted by molar-refractivity contribution is 0.129. The molecule has 0 amide bonds. The predicted octanol–water partition coefficient (Wildman–Crippen LogP) is 1.75. The molecule has 0 N–H and O–H groups in total. The fraction of sp³-hybridized carbons (Fsp3) is 0.722. The maximum atomic E-state index is 5.01. The molecule has 4 aliphatic rings. The van der Waals surface area contributed by atoms with Gasteiger partial charge in [-0.05, 0) is 32.5 Å². The number of rotatable bonds is 3. The first-order valence-corrected chi connectivity index (χ1v) is 8.82. The molecule has 0 aromatic rings. The van der Waals surface area contributed by atoms with Gasteiger partial charge in [0.25, 0.3) is 0 Å². The molecule has 4 heteroatoms. The van der Waals surface area contributed by atoms with Crippen molar-refractivity contribution in [2.75, 3.05) is 40.3 Å². The Labute approximate surface area is 134 Å². The number of aliphatic imine (C=N–C) groups is 1. The predicted molar refractivity (Wildman–Crippen MR) is 91.3 cm³/mol. The van der Waals surface area contributed by atoms with Gasteiger partial charge in [0.15, 0.2) is 0 Å². The zero-order chi connectivity index (χ0) is 15.1. The van der Waals surface area contributed by atoms with Gasteiger partial charge in [-0.3, -0.25) is 9.89 Å². The quantitative estimate of drug-likeness (QED) is 0.793. The molecule has 0 spiro atoms. The summed E-state index contributed by atoms with van der Waals surface area (Å²) in [7, 11) is 4.28. The summed E-state index contributed by atoms with van der Waals surface area (Å²) in [5.41, 5.74) is 1.43. The Morgan fingerprint density at radius 2 is 2.09 bits per heavy atom. The van der Waals surface area contributed by atoms with E-state index < -0.39 is 0 Å². The van der Waals surface area contributed by atoms with Gasteiger partial charge in [0.1, 0.15) is 5.84 Å². The minimum absolute atomic E-state index is 0.358. The molecule has 120 valence electrons. The van der Waals surface area contributed by atoms with Crippen molar-refractivity contribution in [1.82, 2.24) is 14.7 Å². The molecule has 2 atom stereocenters. The van der Waals surface area contributed by atoms with Gasteiger partial charge in [0, 0.05) is 38.6 Å². The van der Waals surface area contributed by atoms with E-state index in [4.69, 9.17) is 4.99 Å². The number of hydrogen-bond acceptors (Lipinski definition) is 4. The lowest BCUT2D eigenvalue weighted by Gasteiger charge is -2.37. The minimum atomic E-state index is 0.358. The zero-order valence-corrected chi connectivity index (χ0v) is 13.9. The van der Waals surface area contributed by atoms with Crippen LogP contribution in [-0.2, 0) is 0 Å². The van der Waals surface area contributed by atoms with Crippen LogP contribution in [0.2, 0.25) is 0 Å². The van der Waals surface area contributed by atoms with E-state index in [1.54, 1.807) is 0 Å². The molecule has 2 aliphatic carbocycles. The summed E-state index contributed by atoms with van der Waals surface area (Å²) in [6.07, 6.45) is 12.4. The largest absolute Gasteiger partial charge is 0.350 e. The van der Waals surface area contributed by atoms with Gasteiger partial charge in [-0.25, -0.2) is 0 Å². The Balaban J connectivity index is 1.48. The van der Waals surface area contributed by atoms with E-state index in [1.165, 1.54) is 43.8 Å². The van der Waals surface area contributed by atoms with Crippen LogP contribution < -0.4 is 0 Å². The number of likely N-dealkylation sites (N-methyl/N-ethyl adjacent to an activating group) is 1. The second-order valence-electron chi connectivity index (χ2n) is 7.43. The fourth-order valence-corrected chi connectivity index (χ4v) is 4.19. The molecule has 22 heavy (non-hydrogen) atoms. The van der Waals surface area contributed by atoms with E-state index in [-0.39, 0.29) is 0 Å². The van der Waals surface area contributed by atoms with Crippen LogP contribution in [0.4, 0.5) is 0 Å². The van der Waals surface area contributed by atoms with Crippen LogP contribution in [0.25, 0.3) is 0 Å². The van der Waals surface area contributed by atoms with Gasteiger partial charge >= 0.3 is 0 Å². The van der Waals surface area contributed by atoms with Crippen molar-refractivity contribution in [1.29, 1.82) is 0 Å². The van der Waals surface area contributed by atoms with Gasteiger partial charge in [0.05, 0.1) is 12.1 Å². The third-order valence-electron chi connectivity index (χ3n) is 5.57. The van der Waals surface area contributed by atoms with Gasteiger partial charge in [-0.15, -0.1) is 0 Å². The molecule has 0 bridgehead atoms. The molecule has 2 heterocycles. The highest BCUT2D eigenvalue weighted by Gasteiger charge is 2.37. The number of fused-ring (bicyclic) bond motifs is 3. The van der Waals surface area contributed by atoms with Gasteiger partial charge in [-0.2, -0.15) is 0 Å². The molecular formula is C18H28N4. The van der Waals surface area contributed by atoms with Crippen LogP contribution in [0.3, 0.4) is 0 Å². The summed E-state index contributed by atoms with van der Waals surface area (Å²) in [4.78, 5) is 12.6. The van der Waals surface area contributed by atoms with Crippen LogP contribution >= 0.6 is 0 Å². The molecular weight excluding hydrogens is 272 g/mol. The van der Waals surface area contributed by atoms with Crippen LogP contribution in [0.15, 0.2) is 28.8 Å². The summed E-state index contributed by atoms with van der Waals surface area (Å²) < 4.78 is 0. The third-order valence-corrected chi connectivity index (χ3v) is 5.57. The number of nitrogens with zero attached hydrogens (tertiary/aromatic N) is 4. The molecule has 2 aliphatic heterocycles. The molecule has 2 fully saturated rings. The first-order valence-electron chi connectivity index (χ1n) is 8.82. The van der Waals surface area contributed by atoms with Gasteiger partial charge in [-0.1, -0.05) is 24.6 Å². The monoisotopic (exact) mass is 300 g/mol. The van der Waals surface area contributed by atoms with E-state index in [9.17, 15) is 0 Å². The smallest absolute Gasteiger partial charge is 0.102 e. The van der Waals surface area contributed by atoms with E-state index in [0.29, 0.717) is 12.1 Å². The summed E-state index contributed by atoms with van der Waals surface area (Å²) in [5, 5.41) is 0. The van der Waals surface area contributed by atoms with E-state index in [2.05, 4.69) is 47.0 Å². The molecule has 0 radical (unpaired) electrons. The van der Waals surface area contributed by atoms with Crippen LogP contribution in [-0.4, -0.2) is 78.9 Å². The second-order valence-corrected chi connectivity index (χ2v) is 7.43. The Kier molecular flexibility index (Phi) is 3.82. The Hall–Kier alpha value is -1.13. The average Bonchev–Trinajstić information content (AvgIpc) is 2.63. The molecule has 4 nitrogen and oxygen atoms in total. The van der Waals surface area contributed by atoms with Crippen molar-refractivity contribution in [3.8, 4) is 0 Å². The fourth-order valence-electron chi connectivity index (χ4n) is 4.19. The van der Waals surface area contributed by atoms with Gasteiger partial charge in [0.2, 0.25) is 0 Å². The lowest BCUT2D eigenvalue weighted by Crippen LogP contribution is -2.44. The second kappa shape index (κ2) is 5.82. The van der Waals surface area contributed by atoms with E-state index in [0.717, 1.165) is 25.6 Å². The molecule has 1 saturated carbocycles. The summed E-state index contributed by atoms with van der Waals surface area (Å²) in [6.45, 7) is 4.60. The highest BCUT2D eigenvalue weighted by atomic mass is 15.3.